The fourth-order valence-corrected chi connectivity index (χ4v) is 10.0. The van der Waals surface area contributed by atoms with Gasteiger partial charge in [0.15, 0.2) is 0 Å². The average Bonchev–Trinajstić information content (AvgIpc) is 3.51. The van der Waals surface area contributed by atoms with Crippen molar-refractivity contribution < 1.29 is 24.2 Å². The number of amides is 2. The van der Waals surface area contributed by atoms with Crippen molar-refractivity contribution >= 4 is 51.2 Å². The van der Waals surface area contributed by atoms with E-state index in [2.05, 4.69) is 29.1 Å². The first-order valence-electron chi connectivity index (χ1n) is 13.6. The number of anilines is 1. The first-order chi connectivity index (χ1) is 18.6. The van der Waals surface area contributed by atoms with Gasteiger partial charge in [0.2, 0.25) is 5.91 Å². The number of nitrogens with zero attached hydrogens (tertiary/aromatic N) is 2. The number of aliphatic hydroxyl groups is 1. The van der Waals surface area contributed by atoms with E-state index in [9.17, 15) is 19.5 Å². The zero-order valence-corrected chi connectivity index (χ0v) is 25.4. The number of fused-ring (bicyclic) bond motifs is 1. The molecule has 1 aromatic rings. The van der Waals surface area contributed by atoms with E-state index in [4.69, 9.17) is 4.74 Å². The smallest absolute Gasteiger partial charge is 0.310 e. The minimum atomic E-state index is -0.836. The monoisotopic (exact) mass is 618 g/mol. The third-order valence-corrected chi connectivity index (χ3v) is 11.5. The van der Waals surface area contributed by atoms with Crippen LogP contribution >= 0.6 is 27.7 Å². The molecule has 3 unspecified atom stereocenters. The quantitative estimate of drug-likeness (QED) is 0.160. The van der Waals surface area contributed by atoms with Crippen LogP contribution in [0.15, 0.2) is 43.5 Å². The average molecular weight is 620 g/mol. The summed E-state index contributed by atoms with van der Waals surface area (Å²) < 4.78 is 4.89. The van der Waals surface area contributed by atoms with Crippen molar-refractivity contribution in [2.45, 2.75) is 73.4 Å². The van der Waals surface area contributed by atoms with Gasteiger partial charge in [-0.2, -0.15) is 0 Å². The molecule has 212 valence electrons. The first-order valence-corrected chi connectivity index (χ1v) is 15.4. The highest BCUT2D eigenvalue weighted by Crippen LogP contribution is 2.68. The molecule has 0 aromatic heterocycles. The van der Waals surface area contributed by atoms with Gasteiger partial charge in [0, 0.05) is 22.3 Å². The number of carbonyl (C=O) groups is 3. The Hall–Kier alpha value is -2.10. The van der Waals surface area contributed by atoms with E-state index in [0.717, 1.165) is 36.1 Å². The lowest BCUT2D eigenvalue weighted by Gasteiger charge is -2.39. The van der Waals surface area contributed by atoms with Gasteiger partial charge in [0.25, 0.3) is 5.91 Å². The van der Waals surface area contributed by atoms with Crippen molar-refractivity contribution in [1.82, 2.24) is 4.90 Å². The molecule has 1 N–H and O–H groups in total. The van der Waals surface area contributed by atoms with Crippen LogP contribution in [-0.2, 0) is 19.1 Å². The van der Waals surface area contributed by atoms with Crippen molar-refractivity contribution in [2.75, 3.05) is 24.7 Å². The SMILES string of the molecule is C=CCCCCOC(=O)[C@H]1[C@@H]2SC3(CC2Br)C(C(=O)N(CC=C)c2cc(C)ccc2C)N([C@H](C)CO)C(=O)[C@H]13. The topological polar surface area (TPSA) is 87.2 Å². The zero-order valence-electron chi connectivity index (χ0n) is 23.0. The van der Waals surface area contributed by atoms with Gasteiger partial charge in [-0.15, -0.1) is 24.9 Å². The largest absolute Gasteiger partial charge is 0.465 e. The molecule has 0 radical (unpaired) electrons. The summed E-state index contributed by atoms with van der Waals surface area (Å²) in [5.41, 5.74) is 2.73. The lowest BCUT2D eigenvalue weighted by Crippen LogP contribution is -2.57. The molecule has 3 heterocycles. The number of alkyl halides is 1. The second kappa shape index (κ2) is 12.2. The van der Waals surface area contributed by atoms with Crippen LogP contribution in [0.5, 0.6) is 0 Å². The number of hydrogen-bond donors (Lipinski definition) is 1. The van der Waals surface area contributed by atoms with Gasteiger partial charge in [-0.05, 0) is 63.6 Å². The molecule has 7 atom stereocenters. The number of unbranched alkanes of at least 4 members (excludes halogenated alkanes) is 2. The van der Waals surface area contributed by atoms with Gasteiger partial charge in [-0.25, -0.2) is 0 Å². The Labute approximate surface area is 244 Å². The third-order valence-electron chi connectivity index (χ3n) is 8.25. The lowest BCUT2D eigenvalue weighted by atomic mass is 9.71. The minimum absolute atomic E-state index is 0.0434. The normalized spacial score (nSPS) is 29.7. The fraction of sp³-hybridized carbons (Fsp3) is 0.567. The van der Waals surface area contributed by atoms with Gasteiger partial charge in [0.05, 0.1) is 35.8 Å². The van der Waals surface area contributed by atoms with Crippen LogP contribution in [-0.4, -0.2) is 74.5 Å². The van der Waals surface area contributed by atoms with E-state index in [1.807, 2.05) is 38.1 Å². The second-order valence-electron chi connectivity index (χ2n) is 10.9. The van der Waals surface area contributed by atoms with Crippen LogP contribution in [0.3, 0.4) is 0 Å². The molecule has 3 aliphatic heterocycles. The van der Waals surface area contributed by atoms with Crippen molar-refractivity contribution in [3.05, 3.63) is 54.6 Å². The standard InChI is InChI=1S/C30H39BrN2O5S/c1-6-8-9-10-14-38-29(37)23-24-27(35)33(20(5)17-34)26(30(24)16-21(31)25(23)39-30)28(36)32(13-7-2)22-15-18(3)11-12-19(22)4/h6-7,11-12,15,20-21,23-26,34H,1-2,8-10,13-14,16-17H2,3-5H3/t20-,21?,23-,24+,25-,26?,30?/m1/s1. The van der Waals surface area contributed by atoms with Gasteiger partial charge >= 0.3 is 5.97 Å². The summed E-state index contributed by atoms with van der Waals surface area (Å²) in [5.74, 6) is -2.19. The molecule has 2 amide bonds. The second-order valence-corrected chi connectivity index (χ2v) is 13.6. The Morgan fingerprint density at radius 3 is 2.72 bits per heavy atom. The molecule has 2 bridgehead atoms. The van der Waals surface area contributed by atoms with Crippen LogP contribution in [0.1, 0.15) is 43.7 Å². The fourth-order valence-electron chi connectivity index (χ4n) is 6.43. The van der Waals surface area contributed by atoms with Crippen LogP contribution in [0.4, 0.5) is 5.69 Å². The van der Waals surface area contributed by atoms with Crippen LogP contribution < -0.4 is 4.90 Å². The molecule has 4 rings (SSSR count). The molecular weight excluding hydrogens is 580 g/mol. The predicted molar refractivity (Wildman–Crippen MR) is 159 cm³/mol. The minimum Gasteiger partial charge on any atom is -0.465 e. The Balaban J connectivity index is 1.73. The van der Waals surface area contributed by atoms with Crippen LogP contribution in [0.25, 0.3) is 0 Å². The molecular formula is C30H39BrN2O5S. The number of carbonyl (C=O) groups excluding carboxylic acids is 3. The van der Waals surface area contributed by atoms with Crippen molar-refractivity contribution in [3.8, 4) is 0 Å². The van der Waals surface area contributed by atoms with Gasteiger partial charge in [-0.3, -0.25) is 14.4 Å². The van der Waals surface area contributed by atoms with Gasteiger partial charge in [0.1, 0.15) is 6.04 Å². The molecule has 9 heteroatoms. The first kappa shape index (κ1) is 29.9. The summed E-state index contributed by atoms with van der Waals surface area (Å²) >= 11 is 5.36. The number of esters is 1. The number of halogens is 1. The maximum absolute atomic E-state index is 14.6. The highest BCUT2D eigenvalue weighted by atomic mass is 79.9. The number of thioether (sulfide) groups is 1. The number of hydrogen-bond acceptors (Lipinski definition) is 6. The molecule has 3 aliphatic rings. The maximum Gasteiger partial charge on any atom is 0.310 e. The Morgan fingerprint density at radius 1 is 1.31 bits per heavy atom. The van der Waals surface area contributed by atoms with Crippen molar-refractivity contribution in [3.63, 3.8) is 0 Å². The van der Waals surface area contributed by atoms with Crippen LogP contribution in [0, 0.1) is 25.7 Å². The highest BCUT2D eigenvalue weighted by Gasteiger charge is 2.76. The third kappa shape index (κ3) is 5.22. The summed E-state index contributed by atoms with van der Waals surface area (Å²) in [4.78, 5) is 45.4. The van der Waals surface area contributed by atoms with Crippen LogP contribution in [0.2, 0.25) is 0 Å². The Morgan fingerprint density at radius 2 is 2.05 bits per heavy atom. The van der Waals surface area contributed by atoms with Gasteiger partial charge in [-0.1, -0.05) is 40.2 Å². The summed E-state index contributed by atoms with van der Waals surface area (Å²) in [7, 11) is 0. The van der Waals surface area contributed by atoms with Crippen molar-refractivity contribution in [2.24, 2.45) is 11.8 Å². The molecule has 0 aliphatic carbocycles. The predicted octanol–water partition coefficient (Wildman–Crippen LogP) is 4.57. The van der Waals surface area contributed by atoms with E-state index in [0.29, 0.717) is 13.0 Å². The number of allylic oxidation sites excluding steroid dienone is 1. The number of aryl methyl sites for hydroxylation is 2. The molecule has 7 nitrogen and oxygen atoms in total. The Bertz CT molecular complexity index is 1140. The maximum atomic E-state index is 14.6. The number of aliphatic hydroxyl groups excluding tert-OH is 1. The van der Waals surface area contributed by atoms with E-state index < -0.39 is 28.7 Å². The van der Waals surface area contributed by atoms with E-state index in [1.165, 1.54) is 0 Å². The Kier molecular flexibility index (Phi) is 9.33. The zero-order chi connectivity index (χ0) is 28.5. The van der Waals surface area contributed by atoms with E-state index in [1.54, 1.807) is 34.6 Å². The van der Waals surface area contributed by atoms with Crippen molar-refractivity contribution in [1.29, 1.82) is 0 Å². The van der Waals surface area contributed by atoms with E-state index in [-0.39, 0.29) is 41.0 Å². The lowest BCUT2D eigenvalue weighted by molar-refractivity contribution is -0.154. The summed E-state index contributed by atoms with van der Waals surface area (Å²) in [5, 5.41) is 9.98. The molecule has 3 saturated heterocycles. The number of benzene rings is 1. The molecule has 0 saturated carbocycles. The number of ether oxygens (including phenoxy) is 1. The number of likely N-dealkylation sites (tertiary alicyclic amines) is 1. The van der Waals surface area contributed by atoms with Gasteiger partial charge < -0.3 is 19.6 Å². The summed E-state index contributed by atoms with van der Waals surface area (Å²) in [6.45, 7) is 13.6. The summed E-state index contributed by atoms with van der Waals surface area (Å²) in [6, 6.07) is 4.54. The highest BCUT2D eigenvalue weighted by molar-refractivity contribution is 9.09. The summed E-state index contributed by atoms with van der Waals surface area (Å²) in [6.07, 6.45) is 6.55. The molecule has 39 heavy (non-hydrogen) atoms. The molecule has 1 aromatic carbocycles. The van der Waals surface area contributed by atoms with E-state index >= 15 is 0 Å². The number of rotatable bonds is 12. The molecule has 3 fully saturated rings. The molecule has 1 spiro atoms.